The van der Waals surface area contributed by atoms with Crippen molar-refractivity contribution < 1.29 is 22.8 Å². The van der Waals surface area contributed by atoms with Crippen molar-refractivity contribution in [3.63, 3.8) is 0 Å². The van der Waals surface area contributed by atoms with Gasteiger partial charge in [-0.3, -0.25) is 19.6 Å². The van der Waals surface area contributed by atoms with Crippen LogP contribution in [0.4, 0.5) is 23.8 Å². The predicted molar refractivity (Wildman–Crippen MR) is 143 cm³/mol. The first-order valence-corrected chi connectivity index (χ1v) is 12.7. The average molecular weight is 585 g/mol. The molecule has 0 bridgehead atoms. The zero-order chi connectivity index (χ0) is 28.1. The number of piperazine rings is 1. The number of fused-ring (bicyclic) bond motifs is 1. The first-order valence-electron chi connectivity index (χ1n) is 12.7. The van der Waals surface area contributed by atoms with Gasteiger partial charge < -0.3 is 21.3 Å². The van der Waals surface area contributed by atoms with Crippen LogP contribution < -0.4 is 22.5 Å². The largest absolute Gasteiger partial charge is 0.415 e. The Bertz CT molecular complexity index is 1300. The quantitative estimate of drug-likeness (QED) is 0.476. The third kappa shape index (κ3) is 5.80. The minimum absolute atomic E-state index is 0. The molecule has 1 aliphatic carbocycles. The van der Waals surface area contributed by atoms with E-state index in [1.54, 1.807) is 0 Å². The first kappa shape index (κ1) is 29.8. The molecule has 3 unspecified atom stereocenters. The number of hydrogen-bond acceptors (Lipinski definition) is 7. The maximum atomic E-state index is 13.1. The lowest BCUT2D eigenvalue weighted by Crippen LogP contribution is -2.64. The second-order valence-electron chi connectivity index (χ2n) is 10.6. The van der Waals surface area contributed by atoms with Crippen LogP contribution in [-0.4, -0.2) is 93.2 Å². The highest BCUT2D eigenvalue weighted by Crippen LogP contribution is 2.44. The summed E-state index contributed by atoms with van der Waals surface area (Å²) in [5, 5.41) is 2.53. The van der Waals surface area contributed by atoms with Gasteiger partial charge in [0.05, 0.1) is 5.69 Å². The number of hydrogen-bond donors (Lipinski definition) is 3. The van der Waals surface area contributed by atoms with Gasteiger partial charge in [-0.05, 0) is 42.5 Å². The van der Waals surface area contributed by atoms with Gasteiger partial charge >= 0.3 is 17.9 Å². The molecule has 1 saturated carbocycles. The van der Waals surface area contributed by atoms with Crippen molar-refractivity contribution in [3.8, 4) is 5.69 Å². The van der Waals surface area contributed by atoms with Gasteiger partial charge in [0.25, 0.3) is 5.91 Å². The summed E-state index contributed by atoms with van der Waals surface area (Å²) >= 11 is 0. The molecule has 40 heavy (non-hydrogen) atoms. The second-order valence-corrected chi connectivity index (χ2v) is 10.6. The maximum absolute atomic E-state index is 13.1. The molecule has 0 spiro atoms. The van der Waals surface area contributed by atoms with E-state index in [1.165, 1.54) is 21.7 Å². The van der Waals surface area contributed by atoms with Gasteiger partial charge in [0, 0.05) is 58.1 Å². The zero-order valence-electron chi connectivity index (χ0n) is 21.8. The van der Waals surface area contributed by atoms with E-state index in [9.17, 15) is 27.6 Å². The van der Waals surface area contributed by atoms with Gasteiger partial charge in [-0.15, -0.1) is 12.4 Å². The highest BCUT2D eigenvalue weighted by Gasteiger charge is 2.55. The molecule has 1 aromatic carbocycles. The van der Waals surface area contributed by atoms with Gasteiger partial charge in [0.15, 0.2) is 5.54 Å². The lowest BCUT2D eigenvalue weighted by molar-refractivity contribution is -0.194. The van der Waals surface area contributed by atoms with Crippen LogP contribution in [0.5, 0.6) is 0 Å². The van der Waals surface area contributed by atoms with Gasteiger partial charge in [0.2, 0.25) is 0 Å². The number of benzene rings is 1. The van der Waals surface area contributed by atoms with Crippen molar-refractivity contribution in [2.75, 3.05) is 44.6 Å². The lowest BCUT2D eigenvalue weighted by Gasteiger charge is -2.38. The topological polar surface area (TPSA) is 143 Å². The molecule has 0 radical (unpaired) electrons. The summed E-state index contributed by atoms with van der Waals surface area (Å²) < 4.78 is 40.6. The van der Waals surface area contributed by atoms with E-state index in [4.69, 9.17) is 11.5 Å². The molecule has 11 nitrogen and oxygen atoms in total. The highest BCUT2D eigenvalue weighted by molar-refractivity contribution is 5.89. The Labute approximate surface area is 234 Å². The number of nitrogens with zero attached hydrogens (tertiary/aromatic N) is 5. The van der Waals surface area contributed by atoms with Crippen molar-refractivity contribution in [2.45, 2.75) is 31.2 Å². The third-order valence-electron chi connectivity index (χ3n) is 7.88. The fourth-order valence-electron chi connectivity index (χ4n) is 5.23. The van der Waals surface area contributed by atoms with Crippen molar-refractivity contribution in [1.82, 2.24) is 24.3 Å². The Morgan fingerprint density at radius 2 is 1.60 bits per heavy atom. The van der Waals surface area contributed by atoms with Gasteiger partial charge in [-0.1, -0.05) is 12.1 Å². The number of rotatable bonds is 5. The zero-order valence-corrected chi connectivity index (χ0v) is 22.6. The predicted octanol–water partition coefficient (Wildman–Crippen LogP) is 0.999. The number of anilines is 1. The van der Waals surface area contributed by atoms with Gasteiger partial charge in [0.1, 0.15) is 5.82 Å². The van der Waals surface area contributed by atoms with E-state index in [2.05, 4.69) is 15.2 Å². The summed E-state index contributed by atoms with van der Waals surface area (Å²) in [6.45, 7) is 3.28. The van der Waals surface area contributed by atoms with Gasteiger partial charge in [-0.2, -0.15) is 18.2 Å². The minimum Gasteiger partial charge on any atom is -0.337 e. The number of piperidine rings is 1. The fraction of sp³-hybridized carbons (Fsp3) is 0.520. The van der Waals surface area contributed by atoms with E-state index in [1.807, 2.05) is 24.3 Å². The average Bonchev–Trinajstić information content (AvgIpc) is 3.28. The Kier molecular flexibility index (Phi) is 8.18. The van der Waals surface area contributed by atoms with Crippen LogP contribution in [0.15, 0.2) is 41.3 Å². The van der Waals surface area contributed by atoms with Crippen LogP contribution >= 0.6 is 12.4 Å². The Morgan fingerprint density at radius 1 is 1.02 bits per heavy atom. The number of aromatic nitrogens is 2. The van der Waals surface area contributed by atoms with Crippen LogP contribution in [0.2, 0.25) is 0 Å². The third-order valence-corrected chi connectivity index (χ3v) is 7.88. The number of likely N-dealkylation sites (tertiary alicyclic amines) is 1. The van der Waals surface area contributed by atoms with Crippen LogP contribution in [0, 0.1) is 11.8 Å². The summed E-state index contributed by atoms with van der Waals surface area (Å²) in [6, 6.07) is 8.86. The lowest BCUT2D eigenvalue weighted by atomic mass is 10.0. The molecule has 2 saturated heterocycles. The molecule has 15 heteroatoms. The first-order chi connectivity index (χ1) is 18.3. The summed E-state index contributed by atoms with van der Waals surface area (Å²) in [5.74, 6) is 0.0272. The van der Waals surface area contributed by atoms with E-state index < -0.39 is 29.3 Å². The number of nitrogens with two attached hydrogens (primary N) is 2. The molecule has 2 aliphatic heterocycles. The Morgan fingerprint density at radius 3 is 2.15 bits per heavy atom. The monoisotopic (exact) mass is 584 g/mol. The molecule has 3 fully saturated rings. The Hall–Kier alpha value is -3.20. The molecule has 1 aromatic heterocycles. The molecule has 3 amide bonds. The Balaban J connectivity index is 0.00000370. The molecule has 5 N–H and O–H groups in total. The molecule has 3 aliphatic rings. The summed E-state index contributed by atoms with van der Waals surface area (Å²) in [4.78, 5) is 46.2. The molecule has 3 heterocycles. The normalized spacial score (nSPS) is 24.1. The van der Waals surface area contributed by atoms with Crippen molar-refractivity contribution in [2.24, 2.45) is 23.3 Å². The molecule has 2 aromatic rings. The number of halogens is 4. The fourth-order valence-corrected chi connectivity index (χ4v) is 5.23. The number of urea groups is 1. The maximum Gasteiger partial charge on any atom is 0.415 e. The summed E-state index contributed by atoms with van der Waals surface area (Å²) in [7, 11) is 0. The molecular formula is C25H32ClF3N8O3. The summed E-state index contributed by atoms with van der Waals surface area (Å²) in [6.07, 6.45) is -3.39. The summed E-state index contributed by atoms with van der Waals surface area (Å²) in [5.41, 5.74) is 9.41. The molecular weight excluding hydrogens is 553 g/mol. The smallest absolute Gasteiger partial charge is 0.337 e. The van der Waals surface area contributed by atoms with E-state index >= 15 is 0 Å². The van der Waals surface area contributed by atoms with E-state index in [0.717, 1.165) is 30.1 Å². The van der Waals surface area contributed by atoms with Crippen LogP contribution in [0.1, 0.15) is 12.5 Å². The molecule has 3 atom stereocenters. The number of carbonyl (C=O) groups excluding carboxylic acids is 2. The number of nitrogens with one attached hydrogen (secondary N) is 1. The molecule has 218 valence electrons. The van der Waals surface area contributed by atoms with Crippen LogP contribution in [0.25, 0.3) is 5.69 Å². The molecule has 5 rings (SSSR count). The SMILES string of the molecule is CC(N)(C(=O)N1CCN(C(=O)Nc2ccn(-c3ccc(CN4CC5C(N)C5C4)cc3)c(=O)n2)CC1)C(F)(F)F.Cl. The van der Waals surface area contributed by atoms with Crippen LogP contribution in [0.3, 0.4) is 0 Å². The second kappa shape index (κ2) is 11.0. The van der Waals surface area contributed by atoms with Gasteiger partial charge in [-0.25, -0.2) is 9.59 Å². The van der Waals surface area contributed by atoms with Crippen molar-refractivity contribution in [1.29, 1.82) is 0 Å². The van der Waals surface area contributed by atoms with Crippen molar-refractivity contribution in [3.05, 3.63) is 52.6 Å². The number of amides is 3. The van der Waals surface area contributed by atoms with Crippen molar-refractivity contribution >= 4 is 30.2 Å². The number of carbonyl (C=O) groups is 2. The number of alkyl halides is 3. The van der Waals surface area contributed by atoms with Crippen LogP contribution in [-0.2, 0) is 11.3 Å². The highest BCUT2D eigenvalue weighted by atomic mass is 35.5. The minimum atomic E-state index is -4.89. The standard InChI is InChI=1S/C25H31F3N8O3.ClH/c1-24(30,25(26,27)28)21(37)34-8-10-35(11-9-34)22(38)31-19-6-7-36(23(39)32-19)16-4-2-15(3-5-16)12-33-13-17-18(14-33)20(17)29;/h2-7,17-18,20H,8-14,29-30H2,1H3,(H,31,32,38,39);1H. The van der Waals surface area contributed by atoms with E-state index in [0.29, 0.717) is 30.5 Å². The van der Waals surface area contributed by atoms with E-state index in [-0.39, 0.29) is 44.4 Å².